The molecule has 8 heteroatoms. The van der Waals surface area contributed by atoms with E-state index in [1.807, 2.05) is 49.4 Å². The molecule has 0 aliphatic rings. The summed E-state index contributed by atoms with van der Waals surface area (Å²) in [7, 11) is 0. The average molecular weight is 538 g/mol. The fourth-order valence-electron chi connectivity index (χ4n) is 3.92. The van der Waals surface area contributed by atoms with Crippen molar-refractivity contribution in [2.45, 2.75) is 6.92 Å². The second-order valence-electron chi connectivity index (χ2n) is 8.33. The number of carbonyl (C=O) groups excluding carboxylic acids is 1. The van der Waals surface area contributed by atoms with Crippen molar-refractivity contribution < 1.29 is 9.21 Å². The van der Waals surface area contributed by atoms with E-state index in [4.69, 9.17) is 16.0 Å². The Balaban J connectivity index is 1.68. The quantitative estimate of drug-likeness (QED) is 0.331. The van der Waals surface area contributed by atoms with Gasteiger partial charge in [0.25, 0.3) is 11.5 Å². The van der Waals surface area contributed by atoms with Gasteiger partial charge in [-0.3, -0.25) is 14.2 Å². The maximum absolute atomic E-state index is 13.6. The zero-order valence-electron chi connectivity index (χ0n) is 20.1. The number of hydrogen-bond donors (Lipinski definition) is 1. The number of thiazole rings is 1. The fourth-order valence-corrected chi connectivity index (χ4v) is 5.23. The van der Waals surface area contributed by atoms with Crippen LogP contribution in [0.2, 0.25) is 5.02 Å². The molecule has 0 fully saturated rings. The highest BCUT2D eigenvalue weighted by Gasteiger charge is 2.18. The van der Waals surface area contributed by atoms with E-state index < -0.39 is 5.91 Å². The standard InChI is InChI=1S/C30H20ClN3O3S/c1-19-9-5-8-14-25(19)33-28(35)23(18-32)30-34(20-10-3-2-4-11-20)29(36)27(38-30)17-21-15-16-26(37-21)22-12-6-7-13-24(22)31/h2-17H,1H3,(H,33,35)/b27-17+,30-23+. The van der Waals surface area contributed by atoms with Crippen LogP contribution in [0.3, 0.4) is 0 Å². The van der Waals surface area contributed by atoms with E-state index in [2.05, 4.69) is 5.32 Å². The van der Waals surface area contributed by atoms with Crippen molar-refractivity contribution in [3.05, 3.63) is 127 Å². The van der Waals surface area contributed by atoms with E-state index in [-0.39, 0.29) is 15.8 Å². The smallest absolute Gasteiger partial charge is 0.273 e. The van der Waals surface area contributed by atoms with Gasteiger partial charge >= 0.3 is 0 Å². The zero-order chi connectivity index (χ0) is 26.6. The first kappa shape index (κ1) is 25.0. The number of benzene rings is 3. The number of rotatable bonds is 5. The lowest BCUT2D eigenvalue weighted by atomic mass is 10.2. The lowest BCUT2D eigenvalue weighted by Gasteiger charge is -2.08. The van der Waals surface area contributed by atoms with Crippen molar-refractivity contribution in [1.82, 2.24) is 4.57 Å². The molecule has 5 aromatic rings. The number of nitriles is 1. The Bertz CT molecular complexity index is 1880. The average Bonchev–Trinajstić information content (AvgIpc) is 3.51. The molecule has 38 heavy (non-hydrogen) atoms. The van der Waals surface area contributed by atoms with Gasteiger partial charge in [0.1, 0.15) is 22.3 Å². The fraction of sp³-hybridized carbons (Fsp3) is 0.0333. The Morgan fingerprint density at radius 2 is 1.71 bits per heavy atom. The minimum atomic E-state index is -0.599. The van der Waals surface area contributed by atoms with Crippen LogP contribution in [0.5, 0.6) is 0 Å². The van der Waals surface area contributed by atoms with E-state index >= 15 is 0 Å². The molecule has 0 spiro atoms. The van der Waals surface area contributed by atoms with Gasteiger partial charge in [0.05, 0.1) is 15.2 Å². The van der Waals surface area contributed by atoms with E-state index in [0.29, 0.717) is 32.5 Å². The Hall–Kier alpha value is -4.64. The van der Waals surface area contributed by atoms with Crippen molar-refractivity contribution in [2.24, 2.45) is 0 Å². The molecule has 0 saturated heterocycles. The van der Waals surface area contributed by atoms with Crippen LogP contribution in [-0.2, 0) is 4.79 Å². The Kier molecular flexibility index (Phi) is 7.09. The number of aromatic nitrogens is 1. The molecule has 0 aliphatic heterocycles. The van der Waals surface area contributed by atoms with Gasteiger partial charge in [0.15, 0.2) is 5.57 Å². The predicted molar refractivity (Wildman–Crippen MR) is 151 cm³/mol. The third-order valence-electron chi connectivity index (χ3n) is 5.82. The second-order valence-corrected chi connectivity index (χ2v) is 9.77. The van der Waals surface area contributed by atoms with Gasteiger partial charge in [0.2, 0.25) is 0 Å². The van der Waals surface area contributed by atoms with Gasteiger partial charge in [-0.1, -0.05) is 60.1 Å². The first-order valence-electron chi connectivity index (χ1n) is 11.6. The van der Waals surface area contributed by atoms with Crippen molar-refractivity contribution >= 4 is 46.2 Å². The molecule has 0 atom stereocenters. The van der Waals surface area contributed by atoms with Crippen LogP contribution in [0.25, 0.3) is 28.7 Å². The molecular formula is C30H20ClN3O3S. The summed E-state index contributed by atoms with van der Waals surface area (Å²) in [6.07, 6.45) is 1.60. The summed E-state index contributed by atoms with van der Waals surface area (Å²) in [6, 6.07) is 29.0. The highest BCUT2D eigenvalue weighted by molar-refractivity contribution is 7.07. The molecule has 6 nitrogen and oxygen atoms in total. The molecule has 186 valence electrons. The summed E-state index contributed by atoms with van der Waals surface area (Å²) in [5.74, 6) is 0.398. The van der Waals surface area contributed by atoms with Gasteiger partial charge in [-0.25, -0.2) is 0 Å². The van der Waals surface area contributed by atoms with Crippen LogP contribution in [-0.4, -0.2) is 10.5 Å². The number of carbonyl (C=O) groups is 1. The summed E-state index contributed by atoms with van der Waals surface area (Å²) >= 11 is 7.35. The molecule has 0 bridgehead atoms. The van der Waals surface area contributed by atoms with Crippen LogP contribution >= 0.6 is 22.9 Å². The summed E-state index contributed by atoms with van der Waals surface area (Å²) < 4.78 is 7.86. The molecule has 0 unspecified atom stereocenters. The van der Waals surface area contributed by atoms with Crippen LogP contribution in [0.15, 0.2) is 100 Å². The number of furan rings is 1. The molecule has 5 rings (SSSR count). The molecule has 1 amide bonds. The van der Waals surface area contributed by atoms with Gasteiger partial charge in [0, 0.05) is 17.3 Å². The Morgan fingerprint density at radius 3 is 2.45 bits per heavy atom. The van der Waals surface area contributed by atoms with Gasteiger partial charge in [-0.15, -0.1) is 11.3 Å². The normalized spacial score (nSPS) is 12.2. The van der Waals surface area contributed by atoms with E-state index in [0.717, 1.165) is 22.5 Å². The number of para-hydroxylation sites is 2. The summed E-state index contributed by atoms with van der Waals surface area (Å²) in [5, 5.41) is 13.4. The maximum Gasteiger partial charge on any atom is 0.273 e. The van der Waals surface area contributed by atoms with Gasteiger partial charge in [-0.2, -0.15) is 5.26 Å². The summed E-state index contributed by atoms with van der Waals surface area (Å²) in [5.41, 5.74) is 2.17. The summed E-state index contributed by atoms with van der Waals surface area (Å²) in [6.45, 7) is 1.86. The van der Waals surface area contributed by atoms with Crippen LogP contribution in [0.4, 0.5) is 5.69 Å². The highest BCUT2D eigenvalue weighted by Crippen LogP contribution is 2.29. The molecule has 0 saturated carbocycles. The van der Waals surface area contributed by atoms with Gasteiger partial charge in [-0.05, 0) is 55.0 Å². The highest BCUT2D eigenvalue weighted by atomic mass is 35.5. The Labute approximate surface area is 227 Å². The van der Waals surface area contributed by atoms with Crippen molar-refractivity contribution in [3.63, 3.8) is 0 Å². The van der Waals surface area contributed by atoms with Gasteiger partial charge < -0.3 is 9.73 Å². The molecule has 3 aromatic carbocycles. The number of halogens is 1. The monoisotopic (exact) mass is 537 g/mol. The van der Waals surface area contributed by atoms with E-state index in [1.165, 1.54) is 4.57 Å². The van der Waals surface area contributed by atoms with Crippen molar-refractivity contribution in [3.8, 4) is 23.1 Å². The molecule has 2 heterocycles. The molecule has 0 radical (unpaired) electrons. The topological polar surface area (TPSA) is 88.0 Å². The molecule has 2 aromatic heterocycles. The maximum atomic E-state index is 13.6. The number of hydrogen-bond acceptors (Lipinski definition) is 5. The zero-order valence-corrected chi connectivity index (χ0v) is 21.7. The first-order valence-corrected chi connectivity index (χ1v) is 12.8. The van der Waals surface area contributed by atoms with Crippen LogP contribution in [0.1, 0.15) is 11.3 Å². The van der Waals surface area contributed by atoms with Crippen LogP contribution < -0.4 is 20.1 Å². The van der Waals surface area contributed by atoms with Crippen LogP contribution in [0, 0.1) is 18.3 Å². The number of aryl methyl sites for hydroxylation is 1. The number of nitrogens with one attached hydrogen (secondary N) is 1. The number of anilines is 1. The van der Waals surface area contributed by atoms with Crippen molar-refractivity contribution in [2.75, 3.05) is 5.32 Å². The van der Waals surface area contributed by atoms with E-state index in [9.17, 15) is 14.9 Å². The minimum Gasteiger partial charge on any atom is -0.457 e. The first-order chi connectivity index (χ1) is 18.5. The lowest BCUT2D eigenvalue weighted by Crippen LogP contribution is -2.32. The number of amides is 1. The van der Waals surface area contributed by atoms with Crippen molar-refractivity contribution in [1.29, 1.82) is 5.26 Å². The number of nitrogens with zero attached hydrogens (tertiary/aromatic N) is 2. The second kappa shape index (κ2) is 10.8. The lowest BCUT2D eigenvalue weighted by molar-refractivity contribution is -0.111. The predicted octanol–water partition coefficient (Wildman–Crippen LogP) is 5.26. The molecular weight excluding hydrogens is 518 g/mol. The molecule has 0 aliphatic carbocycles. The summed E-state index contributed by atoms with van der Waals surface area (Å²) in [4.78, 5) is 26.8. The third-order valence-corrected chi connectivity index (χ3v) is 7.25. The van der Waals surface area contributed by atoms with E-state index in [1.54, 1.807) is 60.7 Å². The largest absolute Gasteiger partial charge is 0.457 e. The Morgan fingerprint density at radius 1 is 1.00 bits per heavy atom. The SMILES string of the molecule is Cc1ccccc1NC(=O)/C(C#N)=c1/s/c(=C/c2ccc(-c3ccccc3Cl)o2)c(=O)n1-c1ccccc1. The minimum absolute atomic E-state index is 0.171. The molecule has 1 N–H and O–H groups in total. The third kappa shape index (κ3) is 4.96.